The molecule has 0 aliphatic carbocycles. The minimum absolute atomic E-state index is 0.0212. The molecule has 0 N–H and O–H groups in total. The van der Waals surface area contributed by atoms with Crippen molar-refractivity contribution in [3.8, 4) is 5.75 Å². The fraction of sp³-hybridized carbons (Fsp3) is 0.429. The van der Waals surface area contributed by atoms with Crippen molar-refractivity contribution in [1.82, 2.24) is 9.80 Å². The third-order valence-corrected chi connectivity index (χ3v) is 2.75. The van der Waals surface area contributed by atoms with E-state index in [9.17, 15) is 9.59 Å². The largest absolute Gasteiger partial charge is 0.415 e. The van der Waals surface area contributed by atoms with Crippen molar-refractivity contribution in [2.45, 2.75) is 13.8 Å². The number of hydrogen-bond acceptors (Lipinski definition) is 3. The molecule has 0 unspecified atom stereocenters. The van der Waals surface area contributed by atoms with Crippen LogP contribution in [0.3, 0.4) is 0 Å². The zero-order chi connectivity index (χ0) is 14.3. The zero-order valence-corrected chi connectivity index (χ0v) is 11.6. The Balaban J connectivity index is 2.51. The Kier molecular flexibility index (Phi) is 5.85. The Bertz CT molecular complexity index is 416. The second-order valence-electron chi connectivity index (χ2n) is 4.10. The summed E-state index contributed by atoms with van der Waals surface area (Å²) in [5.74, 6) is 0.382. The van der Waals surface area contributed by atoms with Crippen LogP contribution in [0.4, 0.5) is 4.79 Å². The lowest BCUT2D eigenvalue weighted by atomic mass is 10.3. The van der Waals surface area contributed by atoms with Crippen LogP contribution < -0.4 is 4.74 Å². The molecule has 0 spiro atoms. The lowest BCUT2D eigenvalue weighted by Gasteiger charge is -2.22. The topological polar surface area (TPSA) is 49.9 Å². The summed E-state index contributed by atoms with van der Waals surface area (Å²) in [7, 11) is 1.55. The number of para-hydroxylation sites is 1. The third kappa shape index (κ3) is 4.62. The lowest BCUT2D eigenvalue weighted by molar-refractivity contribution is -0.131. The monoisotopic (exact) mass is 264 g/mol. The molecule has 1 aromatic carbocycles. The van der Waals surface area contributed by atoms with Crippen molar-refractivity contribution in [2.75, 3.05) is 26.7 Å². The van der Waals surface area contributed by atoms with Gasteiger partial charge in [0.15, 0.2) is 0 Å². The first-order chi connectivity index (χ1) is 9.08. The predicted octanol–water partition coefficient (Wildman–Crippen LogP) is 1.99. The van der Waals surface area contributed by atoms with E-state index >= 15 is 0 Å². The minimum atomic E-state index is -0.535. The van der Waals surface area contributed by atoms with E-state index in [0.29, 0.717) is 18.8 Å². The summed E-state index contributed by atoms with van der Waals surface area (Å²) in [6.07, 6.45) is -0.535. The average Bonchev–Trinajstić information content (AvgIpc) is 2.41. The molecule has 0 saturated heterocycles. The van der Waals surface area contributed by atoms with E-state index in [4.69, 9.17) is 4.74 Å². The molecule has 0 saturated carbocycles. The first-order valence-corrected chi connectivity index (χ1v) is 6.34. The molecule has 104 valence electrons. The molecule has 5 heteroatoms. The first-order valence-electron chi connectivity index (χ1n) is 6.34. The Morgan fingerprint density at radius 3 is 2.21 bits per heavy atom. The van der Waals surface area contributed by atoms with E-state index < -0.39 is 6.09 Å². The van der Waals surface area contributed by atoms with Crippen molar-refractivity contribution < 1.29 is 14.3 Å². The maximum absolute atomic E-state index is 11.8. The van der Waals surface area contributed by atoms with Gasteiger partial charge in [0.1, 0.15) is 12.3 Å². The van der Waals surface area contributed by atoms with Crippen LogP contribution in [0.15, 0.2) is 30.3 Å². The second kappa shape index (κ2) is 7.41. The highest BCUT2D eigenvalue weighted by Gasteiger charge is 2.17. The number of hydrogen-bond donors (Lipinski definition) is 0. The number of carbonyl (C=O) groups is 2. The molecule has 0 bridgehead atoms. The normalized spacial score (nSPS) is 9.84. The summed E-state index contributed by atoms with van der Waals surface area (Å²) in [6.45, 7) is 5.11. The number of amides is 2. The molecule has 19 heavy (non-hydrogen) atoms. The molecule has 0 aromatic heterocycles. The third-order valence-electron chi connectivity index (χ3n) is 2.75. The molecule has 0 radical (unpaired) electrons. The number of carbonyl (C=O) groups excluding carboxylic acids is 2. The van der Waals surface area contributed by atoms with E-state index in [1.54, 1.807) is 36.2 Å². The lowest BCUT2D eigenvalue weighted by Crippen LogP contribution is -2.41. The average molecular weight is 264 g/mol. The van der Waals surface area contributed by atoms with Crippen molar-refractivity contribution in [1.29, 1.82) is 0 Å². The number of ether oxygens (including phenoxy) is 1. The summed E-state index contributed by atoms with van der Waals surface area (Å²) in [6, 6.07) is 8.79. The fourth-order valence-corrected chi connectivity index (χ4v) is 1.61. The molecule has 1 aromatic rings. The van der Waals surface area contributed by atoms with Gasteiger partial charge in [0.25, 0.3) is 0 Å². The quantitative estimate of drug-likeness (QED) is 0.817. The van der Waals surface area contributed by atoms with Gasteiger partial charge in [-0.3, -0.25) is 4.79 Å². The van der Waals surface area contributed by atoms with Crippen LogP contribution in [0.2, 0.25) is 0 Å². The summed E-state index contributed by atoms with van der Waals surface area (Å²) < 4.78 is 5.14. The highest BCUT2D eigenvalue weighted by atomic mass is 16.6. The molecule has 1 rings (SSSR count). The van der Waals surface area contributed by atoms with Gasteiger partial charge >= 0.3 is 6.09 Å². The van der Waals surface area contributed by atoms with E-state index in [0.717, 1.165) is 0 Å². The second-order valence-corrected chi connectivity index (χ2v) is 4.10. The molecule has 0 aliphatic rings. The number of nitrogens with zero attached hydrogens (tertiary/aromatic N) is 2. The van der Waals surface area contributed by atoms with Crippen molar-refractivity contribution in [3.05, 3.63) is 30.3 Å². The van der Waals surface area contributed by atoms with Crippen molar-refractivity contribution >= 4 is 12.0 Å². The van der Waals surface area contributed by atoms with Crippen molar-refractivity contribution in [2.24, 2.45) is 0 Å². The smallest absolute Gasteiger partial charge is 0.410 e. The molecule has 0 fully saturated rings. The molecule has 0 heterocycles. The Morgan fingerprint density at radius 1 is 1.11 bits per heavy atom. The van der Waals surface area contributed by atoms with Crippen molar-refractivity contribution in [3.63, 3.8) is 0 Å². The molecule has 0 aliphatic heterocycles. The van der Waals surface area contributed by atoms with Gasteiger partial charge in [-0.05, 0) is 26.0 Å². The highest BCUT2D eigenvalue weighted by Crippen LogP contribution is 2.09. The fourth-order valence-electron chi connectivity index (χ4n) is 1.61. The Labute approximate surface area is 113 Å². The van der Waals surface area contributed by atoms with Gasteiger partial charge in [-0.15, -0.1) is 0 Å². The molecular weight excluding hydrogens is 244 g/mol. The maximum atomic E-state index is 11.8. The van der Waals surface area contributed by atoms with Crippen LogP contribution in [0.1, 0.15) is 13.8 Å². The standard InChI is InChI=1S/C14H20N2O3/c1-4-16(5-2)13(17)11-15(3)14(18)19-12-9-7-6-8-10-12/h6-10H,4-5,11H2,1-3H3. The number of likely N-dealkylation sites (N-methyl/N-ethyl adjacent to an activating group) is 2. The van der Waals surface area contributed by atoms with E-state index in [1.807, 2.05) is 19.9 Å². The highest BCUT2D eigenvalue weighted by molar-refractivity contribution is 5.82. The molecular formula is C14H20N2O3. The number of rotatable bonds is 5. The van der Waals surface area contributed by atoms with Crippen LogP contribution in [-0.2, 0) is 4.79 Å². The van der Waals surface area contributed by atoms with Crippen LogP contribution in [0.25, 0.3) is 0 Å². The van der Waals surface area contributed by atoms with Gasteiger partial charge in [0.05, 0.1) is 0 Å². The van der Waals surface area contributed by atoms with Gasteiger partial charge in [-0.2, -0.15) is 0 Å². The first kappa shape index (κ1) is 15.0. The molecule has 2 amide bonds. The summed E-state index contributed by atoms with van der Waals surface area (Å²) in [4.78, 5) is 26.6. The maximum Gasteiger partial charge on any atom is 0.415 e. The Morgan fingerprint density at radius 2 is 1.68 bits per heavy atom. The summed E-state index contributed by atoms with van der Waals surface area (Å²) in [5, 5.41) is 0. The van der Waals surface area contributed by atoms with E-state index in [2.05, 4.69) is 0 Å². The summed E-state index contributed by atoms with van der Waals surface area (Å²) >= 11 is 0. The molecule has 5 nitrogen and oxygen atoms in total. The van der Waals surface area contributed by atoms with Gasteiger partial charge in [0.2, 0.25) is 5.91 Å². The zero-order valence-electron chi connectivity index (χ0n) is 11.6. The predicted molar refractivity (Wildman–Crippen MR) is 73.0 cm³/mol. The van der Waals surface area contributed by atoms with Crippen LogP contribution in [0.5, 0.6) is 5.75 Å². The van der Waals surface area contributed by atoms with Crippen LogP contribution in [0, 0.1) is 0 Å². The van der Waals surface area contributed by atoms with E-state index in [1.165, 1.54) is 4.90 Å². The van der Waals surface area contributed by atoms with Crippen LogP contribution in [-0.4, -0.2) is 48.5 Å². The van der Waals surface area contributed by atoms with Gasteiger partial charge in [-0.25, -0.2) is 4.79 Å². The van der Waals surface area contributed by atoms with Gasteiger partial charge in [-0.1, -0.05) is 18.2 Å². The molecule has 0 atom stereocenters. The van der Waals surface area contributed by atoms with Gasteiger partial charge < -0.3 is 14.5 Å². The van der Waals surface area contributed by atoms with E-state index in [-0.39, 0.29) is 12.5 Å². The Hall–Kier alpha value is -2.04. The van der Waals surface area contributed by atoms with Crippen LogP contribution >= 0.6 is 0 Å². The SMILES string of the molecule is CCN(CC)C(=O)CN(C)C(=O)Oc1ccccc1. The van der Waals surface area contributed by atoms with Gasteiger partial charge in [0, 0.05) is 20.1 Å². The summed E-state index contributed by atoms with van der Waals surface area (Å²) in [5.41, 5.74) is 0. The minimum Gasteiger partial charge on any atom is -0.410 e. The number of benzene rings is 1.